The summed E-state index contributed by atoms with van der Waals surface area (Å²) in [7, 11) is 2.10. The summed E-state index contributed by atoms with van der Waals surface area (Å²) >= 11 is 0. The van der Waals surface area contributed by atoms with E-state index in [9.17, 15) is 8.78 Å². The van der Waals surface area contributed by atoms with Gasteiger partial charge in [0.2, 0.25) is 6.43 Å². The van der Waals surface area contributed by atoms with Crippen LogP contribution >= 0.6 is 0 Å². The van der Waals surface area contributed by atoms with Crippen LogP contribution in [-0.4, -0.2) is 37.5 Å². The van der Waals surface area contributed by atoms with Gasteiger partial charge >= 0.3 is 0 Å². The third-order valence-electron chi connectivity index (χ3n) is 1.43. The van der Waals surface area contributed by atoms with E-state index in [-0.39, 0.29) is 0 Å². The van der Waals surface area contributed by atoms with Gasteiger partial charge < -0.3 is 10.6 Å². The lowest BCUT2D eigenvalue weighted by molar-refractivity contribution is 0.171. The fourth-order valence-corrected chi connectivity index (χ4v) is 0.969. The van der Waals surface area contributed by atoms with Crippen molar-refractivity contribution < 1.29 is 8.78 Å². The summed E-state index contributed by atoms with van der Waals surface area (Å²) in [6, 6.07) is 0.449. The zero-order chi connectivity index (χ0) is 8.85. The van der Waals surface area contributed by atoms with Gasteiger partial charge in [-0.1, -0.05) is 0 Å². The normalized spacial score (nSPS) is 25.1. The first-order valence-electron chi connectivity index (χ1n) is 3.74. The fourth-order valence-electron chi connectivity index (χ4n) is 0.969. The van der Waals surface area contributed by atoms with E-state index in [4.69, 9.17) is 5.73 Å². The summed E-state index contributed by atoms with van der Waals surface area (Å²) < 4.78 is 20.7. The molecular weight excluding hydrogens is 150 g/mol. The predicted molar refractivity (Wildman–Crippen MR) is 41.8 cm³/mol. The lowest BCUT2D eigenvalue weighted by Crippen LogP contribution is -2.23. The lowest BCUT2D eigenvalue weighted by Gasteiger charge is -2.03. The summed E-state index contributed by atoms with van der Waals surface area (Å²) in [6.07, 6.45) is -0.990. The maximum atomic E-state index is 10.3. The van der Waals surface area contributed by atoms with Gasteiger partial charge in [-0.3, -0.25) is 0 Å². The molecule has 1 atom stereocenters. The van der Waals surface area contributed by atoms with Gasteiger partial charge in [0.05, 0.1) is 0 Å². The summed E-state index contributed by atoms with van der Waals surface area (Å²) in [6.45, 7) is 3.10. The van der Waals surface area contributed by atoms with Crippen LogP contribution in [0, 0.1) is 0 Å². The summed E-state index contributed by atoms with van der Waals surface area (Å²) in [4.78, 5) is 2.25. The molecule has 2 nitrogen and oxygen atoms in total. The molecule has 1 unspecified atom stereocenters. The van der Waals surface area contributed by atoms with Crippen molar-refractivity contribution in [1.82, 2.24) is 4.90 Å². The fraction of sp³-hybridized carbons (Fsp3) is 1.00. The molecule has 0 aliphatic carbocycles. The Morgan fingerprint density at radius 3 is 2.09 bits per heavy atom. The topological polar surface area (TPSA) is 29.3 Å². The van der Waals surface area contributed by atoms with E-state index >= 15 is 0 Å². The van der Waals surface area contributed by atoms with Gasteiger partial charge in [0.25, 0.3) is 0 Å². The molecule has 1 saturated heterocycles. The summed E-state index contributed by atoms with van der Waals surface area (Å²) in [5.74, 6) is 0. The molecule has 68 valence electrons. The number of rotatable bonds is 0. The molecule has 0 radical (unpaired) electrons. The first-order valence-corrected chi connectivity index (χ1v) is 3.74. The molecule has 0 aromatic heterocycles. The first kappa shape index (κ1) is 10.8. The smallest absolute Gasteiger partial charge is 0.235 e. The molecule has 2 N–H and O–H groups in total. The number of likely N-dealkylation sites (tertiary alicyclic amines) is 1. The van der Waals surface area contributed by atoms with Crippen molar-refractivity contribution in [2.75, 3.05) is 20.1 Å². The zero-order valence-corrected chi connectivity index (χ0v) is 7.06. The third kappa shape index (κ3) is 7.68. The highest BCUT2D eigenvalue weighted by Gasteiger charge is 2.13. The van der Waals surface area contributed by atoms with Gasteiger partial charge in [0.1, 0.15) is 0 Å². The Kier molecular flexibility index (Phi) is 5.32. The highest BCUT2D eigenvalue weighted by molar-refractivity contribution is 4.74. The number of likely N-dealkylation sites (N-methyl/N-ethyl adjacent to an activating group) is 1. The molecule has 0 bridgehead atoms. The number of halogens is 2. The van der Waals surface area contributed by atoms with Crippen LogP contribution in [0.15, 0.2) is 0 Å². The van der Waals surface area contributed by atoms with E-state index < -0.39 is 6.43 Å². The molecule has 1 rings (SSSR count). The summed E-state index contributed by atoms with van der Waals surface area (Å²) in [5.41, 5.74) is 5.58. The minimum absolute atomic E-state index is 0.449. The number of hydrogen-bond donors (Lipinski definition) is 1. The van der Waals surface area contributed by atoms with E-state index in [0.717, 1.165) is 13.5 Å². The van der Waals surface area contributed by atoms with Crippen molar-refractivity contribution in [3.05, 3.63) is 0 Å². The molecule has 1 fully saturated rings. The van der Waals surface area contributed by atoms with Crippen LogP contribution in [0.25, 0.3) is 0 Å². The minimum Gasteiger partial charge on any atom is -0.326 e. The third-order valence-corrected chi connectivity index (χ3v) is 1.43. The number of hydrogen-bond acceptors (Lipinski definition) is 2. The van der Waals surface area contributed by atoms with E-state index in [1.165, 1.54) is 13.0 Å². The van der Waals surface area contributed by atoms with Crippen molar-refractivity contribution in [3.8, 4) is 0 Å². The molecule has 1 aliphatic heterocycles. The molecule has 1 aliphatic rings. The van der Waals surface area contributed by atoms with Crippen LogP contribution in [0.5, 0.6) is 0 Å². The quantitative estimate of drug-likeness (QED) is 0.580. The molecule has 1 heterocycles. The molecule has 0 aromatic carbocycles. The maximum absolute atomic E-state index is 10.3. The van der Waals surface area contributed by atoms with Crippen molar-refractivity contribution in [1.29, 1.82) is 0 Å². The van der Waals surface area contributed by atoms with Gasteiger partial charge in [-0.25, -0.2) is 8.78 Å². The average molecular weight is 166 g/mol. The standard InChI is InChI=1S/C5H12N2.C2H4F2/c1-7-3-2-5(6)4-7;1-2(3)4/h5H,2-4,6H2,1H3;2H,1H3. The molecule has 11 heavy (non-hydrogen) atoms. The van der Waals surface area contributed by atoms with Gasteiger partial charge in [-0.05, 0) is 26.9 Å². The largest absolute Gasteiger partial charge is 0.326 e. The molecule has 0 saturated carbocycles. The second-order valence-electron chi connectivity index (χ2n) is 2.83. The van der Waals surface area contributed by atoms with Crippen LogP contribution in [0.4, 0.5) is 8.78 Å². The van der Waals surface area contributed by atoms with Crippen LogP contribution in [-0.2, 0) is 0 Å². The van der Waals surface area contributed by atoms with Crippen LogP contribution in [0.2, 0.25) is 0 Å². The average Bonchev–Trinajstić information content (AvgIpc) is 2.13. The second-order valence-corrected chi connectivity index (χ2v) is 2.83. The second kappa shape index (κ2) is 5.43. The highest BCUT2D eigenvalue weighted by atomic mass is 19.3. The molecular formula is C7H16F2N2. The van der Waals surface area contributed by atoms with Gasteiger partial charge in [0, 0.05) is 12.6 Å². The van der Waals surface area contributed by atoms with E-state index in [1.54, 1.807) is 0 Å². The Morgan fingerprint density at radius 1 is 1.55 bits per heavy atom. The molecule has 4 heteroatoms. The van der Waals surface area contributed by atoms with Crippen LogP contribution in [0.1, 0.15) is 13.3 Å². The van der Waals surface area contributed by atoms with Crippen molar-refractivity contribution >= 4 is 0 Å². The molecule has 0 amide bonds. The van der Waals surface area contributed by atoms with Crippen molar-refractivity contribution in [3.63, 3.8) is 0 Å². The van der Waals surface area contributed by atoms with Gasteiger partial charge in [-0.15, -0.1) is 0 Å². The predicted octanol–water partition coefficient (Wildman–Crippen LogP) is 0.921. The van der Waals surface area contributed by atoms with Crippen LogP contribution < -0.4 is 5.73 Å². The van der Waals surface area contributed by atoms with E-state index in [0.29, 0.717) is 6.04 Å². The number of nitrogens with zero attached hydrogens (tertiary/aromatic N) is 1. The number of nitrogens with two attached hydrogens (primary N) is 1. The molecule has 0 aromatic rings. The Bertz CT molecular complexity index is 87.7. The zero-order valence-electron chi connectivity index (χ0n) is 7.06. The van der Waals surface area contributed by atoms with Crippen LogP contribution in [0.3, 0.4) is 0 Å². The highest BCUT2D eigenvalue weighted by Crippen LogP contribution is 2.01. The SMILES string of the molecule is CC(F)F.CN1CCC(N)C1. The Hall–Kier alpha value is -0.220. The van der Waals surface area contributed by atoms with E-state index in [1.807, 2.05) is 0 Å². The number of alkyl halides is 2. The first-order chi connectivity index (χ1) is 5.02. The lowest BCUT2D eigenvalue weighted by atomic mass is 10.3. The van der Waals surface area contributed by atoms with Gasteiger partial charge in [-0.2, -0.15) is 0 Å². The van der Waals surface area contributed by atoms with E-state index in [2.05, 4.69) is 11.9 Å². The molecule has 0 spiro atoms. The monoisotopic (exact) mass is 166 g/mol. The van der Waals surface area contributed by atoms with Gasteiger partial charge in [0.15, 0.2) is 0 Å². The Balaban J connectivity index is 0.000000218. The Morgan fingerprint density at radius 2 is 2.00 bits per heavy atom. The minimum atomic E-state index is -2.17. The Labute approximate surface area is 66.4 Å². The van der Waals surface area contributed by atoms with Crippen molar-refractivity contribution in [2.45, 2.75) is 25.8 Å². The maximum Gasteiger partial charge on any atom is 0.235 e. The van der Waals surface area contributed by atoms with Crippen molar-refractivity contribution in [2.24, 2.45) is 5.73 Å². The summed E-state index contributed by atoms with van der Waals surface area (Å²) in [5, 5.41) is 0.